The Hall–Kier alpha value is -1.15. The highest BCUT2D eigenvalue weighted by molar-refractivity contribution is 9.10. The average molecular weight is 324 g/mol. The molecular formula is C9H5BrF3N3S. The predicted octanol–water partition coefficient (Wildman–Crippen LogP) is 3.57. The van der Waals surface area contributed by atoms with Crippen LogP contribution in [-0.4, -0.2) is 10.2 Å². The third kappa shape index (κ3) is 2.58. The van der Waals surface area contributed by atoms with Gasteiger partial charge in [0.1, 0.15) is 5.01 Å². The monoisotopic (exact) mass is 323 g/mol. The molecule has 0 radical (unpaired) electrons. The highest BCUT2D eigenvalue weighted by Crippen LogP contribution is 2.39. The maximum Gasteiger partial charge on any atom is 0.417 e. The van der Waals surface area contributed by atoms with E-state index in [0.717, 1.165) is 17.4 Å². The number of rotatable bonds is 1. The van der Waals surface area contributed by atoms with Gasteiger partial charge in [-0.1, -0.05) is 27.3 Å². The van der Waals surface area contributed by atoms with Gasteiger partial charge in [-0.3, -0.25) is 0 Å². The summed E-state index contributed by atoms with van der Waals surface area (Å²) >= 11 is 4.04. The number of alkyl halides is 3. The Kier molecular flexibility index (Phi) is 3.09. The van der Waals surface area contributed by atoms with Crippen LogP contribution in [0.1, 0.15) is 5.56 Å². The van der Waals surface area contributed by atoms with Crippen LogP contribution in [0.25, 0.3) is 10.6 Å². The molecule has 0 fully saturated rings. The van der Waals surface area contributed by atoms with Crippen molar-refractivity contribution in [3.63, 3.8) is 0 Å². The third-order valence-electron chi connectivity index (χ3n) is 1.96. The number of nitrogens with zero attached hydrogens (tertiary/aromatic N) is 2. The van der Waals surface area contributed by atoms with Crippen molar-refractivity contribution in [3.8, 4) is 10.6 Å². The van der Waals surface area contributed by atoms with Crippen LogP contribution in [0.4, 0.5) is 18.3 Å². The predicted molar refractivity (Wildman–Crippen MR) is 62.5 cm³/mol. The molecule has 0 bridgehead atoms. The largest absolute Gasteiger partial charge is 0.417 e. The van der Waals surface area contributed by atoms with Crippen LogP contribution in [0, 0.1) is 0 Å². The summed E-state index contributed by atoms with van der Waals surface area (Å²) in [4.78, 5) is 0. The van der Waals surface area contributed by atoms with Crippen LogP contribution in [0.15, 0.2) is 22.7 Å². The van der Waals surface area contributed by atoms with Gasteiger partial charge in [-0.2, -0.15) is 13.2 Å². The van der Waals surface area contributed by atoms with Gasteiger partial charge in [0.15, 0.2) is 0 Å². The Bertz CT molecular complexity index is 553. The third-order valence-corrected chi connectivity index (χ3v) is 3.24. The van der Waals surface area contributed by atoms with Crippen LogP contribution < -0.4 is 5.73 Å². The van der Waals surface area contributed by atoms with Gasteiger partial charge < -0.3 is 5.73 Å². The fourth-order valence-electron chi connectivity index (χ4n) is 1.28. The zero-order chi connectivity index (χ0) is 12.6. The highest BCUT2D eigenvalue weighted by atomic mass is 79.9. The van der Waals surface area contributed by atoms with Crippen LogP contribution in [0.2, 0.25) is 0 Å². The first-order chi connectivity index (χ1) is 7.88. The molecule has 0 amide bonds. The lowest BCUT2D eigenvalue weighted by Crippen LogP contribution is -2.07. The minimum atomic E-state index is -4.43. The molecule has 0 atom stereocenters. The Morgan fingerprint density at radius 3 is 2.47 bits per heavy atom. The quantitative estimate of drug-likeness (QED) is 0.872. The molecule has 3 nitrogen and oxygen atoms in total. The number of hydrogen-bond donors (Lipinski definition) is 1. The molecular weight excluding hydrogens is 319 g/mol. The molecule has 0 saturated carbocycles. The Balaban J connectivity index is 2.63. The lowest BCUT2D eigenvalue weighted by atomic mass is 10.1. The molecule has 2 aromatic rings. The number of hydrogen-bond acceptors (Lipinski definition) is 4. The molecule has 2 N–H and O–H groups in total. The van der Waals surface area contributed by atoms with Gasteiger partial charge in [-0.15, -0.1) is 10.2 Å². The number of nitrogen functional groups attached to an aromatic ring is 1. The maximum atomic E-state index is 12.8. The summed E-state index contributed by atoms with van der Waals surface area (Å²) in [6.45, 7) is 0. The summed E-state index contributed by atoms with van der Waals surface area (Å²) in [5, 5.41) is 7.42. The molecule has 17 heavy (non-hydrogen) atoms. The summed E-state index contributed by atoms with van der Waals surface area (Å²) in [5.74, 6) is 0. The first-order valence-corrected chi connectivity index (χ1v) is 5.95. The standard InChI is InChI=1S/C9H5BrF3N3S/c10-4-1-2-6(9(11,12)13)5(3-4)7-15-16-8(14)17-7/h1-3H,(H2,14,16). The number of anilines is 1. The lowest BCUT2D eigenvalue weighted by Gasteiger charge is -2.10. The van der Waals surface area contributed by atoms with Crippen molar-refractivity contribution in [1.82, 2.24) is 10.2 Å². The van der Waals surface area contributed by atoms with Crippen molar-refractivity contribution in [1.29, 1.82) is 0 Å². The molecule has 1 heterocycles. The van der Waals surface area contributed by atoms with Gasteiger partial charge in [0.05, 0.1) is 5.56 Å². The molecule has 2 rings (SSSR count). The van der Waals surface area contributed by atoms with E-state index in [9.17, 15) is 13.2 Å². The van der Waals surface area contributed by atoms with E-state index in [1.165, 1.54) is 12.1 Å². The van der Waals surface area contributed by atoms with Crippen molar-refractivity contribution in [2.75, 3.05) is 5.73 Å². The fraction of sp³-hybridized carbons (Fsp3) is 0.111. The van der Waals surface area contributed by atoms with Crippen LogP contribution in [-0.2, 0) is 6.18 Å². The first kappa shape index (κ1) is 12.3. The second-order valence-corrected chi connectivity index (χ2v) is 5.06. The number of nitrogens with two attached hydrogens (primary N) is 1. The Morgan fingerprint density at radius 1 is 1.24 bits per heavy atom. The van der Waals surface area contributed by atoms with Crippen molar-refractivity contribution in [2.45, 2.75) is 6.18 Å². The molecule has 0 aliphatic carbocycles. The minimum Gasteiger partial charge on any atom is -0.374 e. The molecule has 0 spiro atoms. The van der Waals surface area contributed by atoms with E-state index in [0.29, 0.717) is 4.47 Å². The van der Waals surface area contributed by atoms with E-state index >= 15 is 0 Å². The number of aromatic nitrogens is 2. The minimum absolute atomic E-state index is 0.0268. The topological polar surface area (TPSA) is 51.8 Å². The van der Waals surface area contributed by atoms with Gasteiger partial charge in [0, 0.05) is 10.0 Å². The Labute approximate surface area is 107 Å². The number of benzene rings is 1. The first-order valence-electron chi connectivity index (χ1n) is 4.34. The molecule has 0 saturated heterocycles. The van der Waals surface area contributed by atoms with Gasteiger partial charge in [0.25, 0.3) is 0 Å². The second kappa shape index (κ2) is 4.26. The lowest BCUT2D eigenvalue weighted by molar-refractivity contribution is -0.137. The van der Waals surface area contributed by atoms with Gasteiger partial charge in [0.2, 0.25) is 5.13 Å². The van der Waals surface area contributed by atoms with Gasteiger partial charge in [-0.25, -0.2) is 0 Å². The van der Waals surface area contributed by atoms with E-state index < -0.39 is 11.7 Å². The second-order valence-electron chi connectivity index (χ2n) is 3.13. The molecule has 0 aliphatic rings. The zero-order valence-corrected chi connectivity index (χ0v) is 10.5. The smallest absolute Gasteiger partial charge is 0.374 e. The van der Waals surface area contributed by atoms with E-state index in [4.69, 9.17) is 5.73 Å². The highest BCUT2D eigenvalue weighted by Gasteiger charge is 2.34. The summed E-state index contributed by atoms with van der Waals surface area (Å²) < 4.78 is 38.9. The zero-order valence-electron chi connectivity index (χ0n) is 8.12. The van der Waals surface area contributed by atoms with E-state index in [1.807, 2.05) is 0 Å². The van der Waals surface area contributed by atoms with Gasteiger partial charge in [-0.05, 0) is 18.2 Å². The van der Waals surface area contributed by atoms with Crippen LogP contribution in [0.5, 0.6) is 0 Å². The Morgan fingerprint density at radius 2 is 1.94 bits per heavy atom. The molecule has 8 heteroatoms. The van der Waals surface area contributed by atoms with E-state index in [-0.39, 0.29) is 15.7 Å². The van der Waals surface area contributed by atoms with E-state index in [2.05, 4.69) is 26.1 Å². The summed E-state index contributed by atoms with van der Waals surface area (Å²) in [6, 6.07) is 3.68. The summed E-state index contributed by atoms with van der Waals surface area (Å²) in [5.41, 5.74) is 4.59. The fourth-order valence-corrected chi connectivity index (χ4v) is 2.29. The van der Waals surface area contributed by atoms with Crippen LogP contribution >= 0.6 is 27.3 Å². The molecule has 90 valence electrons. The van der Waals surface area contributed by atoms with Crippen LogP contribution in [0.3, 0.4) is 0 Å². The summed E-state index contributed by atoms with van der Waals surface area (Å²) in [7, 11) is 0. The maximum absolute atomic E-state index is 12.8. The number of halogens is 4. The van der Waals surface area contributed by atoms with Crippen molar-refractivity contribution >= 4 is 32.4 Å². The van der Waals surface area contributed by atoms with E-state index in [1.54, 1.807) is 0 Å². The average Bonchev–Trinajstić information content (AvgIpc) is 2.62. The van der Waals surface area contributed by atoms with Gasteiger partial charge >= 0.3 is 6.18 Å². The molecule has 0 unspecified atom stereocenters. The molecule has 0 aliphatic heterocycles. The van der Waals surface area contributed by atoms with Crippen molar-refractivity contribution < 1.29 is 13.2 Å². The normalized spacial score (nSPS) is 11.8. The summed E-state index contributed by atoms with van der Waals surface area (Å²) in [6.07, 6.45) is -4.43. The van der Waals surface area contributed by atoms with Crippen molar-refractivity contribution in [3.05, 3.63) is 28.2 Å². The molecule has 1 aromatic heterocycles. The molecule has 1 aromatic carbocycles. The van der Waals surface area contributed by atoms with Crippen molar-refractivity contribution in [2.24, 2.45) is 0 Å². The SMILES string of the molecule is Nc1nnc(-c2cc(Br)ccc2C(F)(F)F)s1.